The third-order valence-corrected chi connectivity index (χ3v) is 5.44. The number of fused-ring (bicyclic) bond motifs is 1. The summed E-state index contributed by atoms with van der Waals surface area (Å²) in [6.07, 6.45) is 15.8. The van der Waals surface area contributed by atoms with Crippen LogP contribution in [0.3, 0.4) is 0 Å². The molecule has 1 heterocycles. The summed E-state index contributed by atoms with van der Waals surface area (Å²) in [5.74, 6) is 0.137. The molecule has 1 aromatic heterocycles. The Balaban J connectivity index is 1.53. The van der Waals surface area contributed by atoms with Gasteiger partial charge in [0.15, 0.2) is 0 Å². The highest BCUT2D eigenvalue weighted by Gasteiger charge is 2.18. The molecule has 4 rings (SSSR count). The summed E-state index contributed by atoms with van der Waals surface area (Å²) in [5, 5.41) is 3.52. The van der Waals surface area contributed by atoms with E-state index in [1.807, 2.05) is 24.4 Å². The Kier molecular flexibility index (Phi) is 6.01. The van der Waals surface area contributed by atoms with Crippen molar-refractivity contribution in [2.75, 3.05) is 13.1 Å². The van der Waals surface area contributed by atoms with E-state index in [0.29, 0.717) is 12.5 Å². The summed E-state index contributed by atoms with van der Waals surface area (Å²) in [6, 6.07) is 10.8. The number of pyridine rings is 1. The first-order chi connectivity index (χ1) is 14.2. The second-order valence-electron chi connectivity index (χ2n) is 7.41. The Morgan fingerprint density at radius 3 is 2.76 bits per heavy atom. The van der Waals surface area contributed by atoms with Crippen molar-refractivity contribution in [3.8, 4) is 0 Å². The first kappa shape index (κ1) is 19.3. The second kappa shape index (κ2) is 9.01. The van der Waals surface area contributed by atoms with Crippen LogP contribution in [0.15, 0.2) is 72.5 Å². The van der Waals surface area contributed by atoms with Crippen molar-refractivity contribution in [3.63, 3.8) is 0 Å². The van der Waals surface area contributed by atoms with Gasteiger partial charge in [-0.1, -0.05) is 42.0 Å². The molecule has 1 atom stereocenters. The molecule has 4 heteroatoms. The highest BCUT2D eigenvalue weighted by Crippen LogP contribution is 2.34. The summed E-state index contributed by atoms with van der Waals surface area (Å²) >= 11 is 0. The van der Waals surface area contributed by atoms with Crippen molar-refractivity contribution in [2.24, 2.45) is 11.7 Å². The van der Waals surface area contributed by atoms with Crippen LogP contribution in [0.1, 0.15) is 36.1 Å². The fourth-order valence-electron chi connectivity index (χ4n) is 3.83. The molecular formula is C25H26FN3. The van der Waals surface area contributed by atoms with Crippen LogP contribution < -0.4 is 11.1 Å². The molecule has 0 aliphatic heterocycles. The number of nitrogens with zero attached hydrogens (tertiary/aromatic N) is 1. The van der Waals surface area contributed by atoms with Crippen LogP contribution in [-0.4, -0.2) is 18.1 Å². The van der Waals surface area contributed by atoms with E-state index in [4.69, 9.17) is 5.73 Å². The highest BCUT2D eigenvalue weighted by molar-refractivity contribution is 5.77. The van der Waals surface area contributed by atoms with Gasteiger partial charge in [-0.3, -0.25) is 4.98 Å². The monoisotopic (exact) mass is 387 g/mol. The van der Waals surface area contributed by atoms with Gasteiger partial charge in [0.25, 0.3) is 0 Å². The Morgan fingerprint density at radius 2 is 2.00 bits per heavy atom. The second-order valence-corrected chi connectivity index (χ2v) is 7.41. The lowest BCUT2D eigenvalue weighted by Crippen LogP contribution is -2.17. The van der Waals surface area contributed by atoms with Crippen LogP contribution in [0, 0.1) is 11.7 Å². The summed E-state index contributed by atoms with van der Waals surface area (Å²) in [6.45, 7) is 1.54. The molecule has 2 aliphatic carbocycles. The summed E-state index contributed by atoms with van der Waals surface area (Å²) in [5.41, 5.74) is 12.5. The molecule has 0 saturated carbocycles. The molecule has 2 aromatic rings. The molecule has 0 fully saturated rings. The number of hydrogen-bond donors (Lipinski definition) is 2. The number of nitrogens with two attached hydrogens (primary N) is 1. The lowest BCUT2D eigenvalue weighted by molar-refractivity contribution is 0.627. The van der Waals surface area contributed by atoms with Gasteiger partial charge in [-0.05, 0) is 67.3 Å². The topological polar surface area (TPSA) is 50.9 Å². The molecule has 2 aliphatic rings. The number of benzene rings is 1. The molecule has 0 amide bonds. The third-order valence-electron chi connectivity index (χ3n) is 5.44. The summed E-state index contributed by atoms with van der Waals surface area (Å²) in [7, 11) is 0. The average molecular weight is 388 g/mol. The van der Waals surface area contributed by atoms with Crippen molar-refractivity contribution in [2.45, 2.75) is 19.3 Å². The number of halogens is 1. The Labute approximate surface area is 171 Å². The van der Waals surface area contributed by atoms with Gasteiger partial charge in [0, 0.05) is 29.9 Å². The molecule has 0 radical (unpaired) electrons. The normalized spacial score (nSPS) is 18.3. The van der Waals surface area contributed by atoms with E-state index >= 15 is 0 Å². The average Bonchev–Trinajstić information content (AvgIpc) is 2.94. The van der Waals surface area contributed by atoms with Gasteiger partial charge in [-0.25, -0.2) is 4.39 Å². The van der Waals surface area contributed by atoms with Crippen molar-refractivity contribution in [3.05, 3.63) is 95.1 Å². The number of hydrogen-bond acceptors (Lipinski definition) is 3. The zero-order valence-corrected chi connectivity index (χ0v) is 16.4. The molecule has 3 nitrogen and oxygen atoms in total. The predicted molar refractivity (Wildman–Crippen MR) is 118 cm³/mol. The largest absolute Gasteiger partial charge is 0.385 e. The summed E-state index contributed by atoms with van der Waals surface area (Å²) < 4.78 is 13.2. The minimum absolute atomic E-state index is 0.204. The molecule has 0 bridgehead atoms. The molecule has 148 valence electrons. The minimum Gasteiger partial charge on any atom is -0.385 e. The van der Waals surface area contributed by atoms with Crippen molar-refractivity contribution < 1.29 is 4.39 Å². The number of aromatic nitrogens is 1. The predicted octanol–water partition coefficient (Wildman–Crippen LogP) is 4.95. The molecule has 29 heavy (non-hydrogen) atoms. The zero-order valence-electron chi connectivity index (χ0n) is 16.4. The molecule has 1 unspecified atom stereocenters. The standard InChI is InChI=1S/C25H26FN3/c26-22-11-8-19(9-12-22)18-4-6-20(7-5-18)21-10-13-24(28-16-2-14-27)23-3-1-15-29-25(23)17-21/h1,3-6,8-9,11-13,15,17,20,28H,2,7,10,14,16,27H2. The molecule has 0 saturated heterocycles. The quantitative estimate of drug-likeness (QED) is 0.690. The van der Waals surface area contributed by atoms with Gasteiger partial charge in [-0.15, -0.1) is 0 Å². The molecule has 0 spiro atoms. The van der Waals surface area contributed by atoms with E-state index in [2.05, 4.69) is 46.7 Å². The minimum atomic E-state index is -0.204. The van der Waals surface area contributed by atoms with Crippen molar-refractivity contribution in [1.29, 1.82) is 0 Å². The Bertz CT molecular complexity index is 983. The maximum absolute atomic E-state index is 13.2. The van der Waals surface area contributed by atoms with E-state index in [-0.39, 0.29) is 5.82 Å². The van der Waals surface area contributed by atoms with Crippen LogP contribution in [0.4, 0.5) is 4.39 Å². The van der Waals surface area contributed by atoms with Crippen molar-refractivity contribution >= 4 is 17.3 Å². The third kappa shape index (κ3) is 4.54. The van der Waals surface area contributed by atoms with E-state index in [9.17, 15) is 4.39 Å². The fraction of sp³-hybridized carbons (Fsp3) is 0.240. The molecule has 1 aromatic carbocycles. The lowest BCUT2D eigenvalue weighted by atomic mass is 9.86. The maximum atomic E-state index is 13.2. The maximum Gasteiger partial charge on any atom is 0.123 e. The first-order valence-electron chi connectivity index (χ1n) is 10.2. The van der Waals surface area contributed by atoms with E-state index < -0.39 is 0 Å². The van der Waals surface area contributed by atoms with Crippen LogP contribution in [-0.2, 0) is 0 Å². The Morgan fingerprint density at radius 1 is 1.14 bits per heavy atom. The first-order valence-corrected chi connectivity index (χ1v) is 10.2. The molecule has 3 N–H and O–H groups in total. The van der Waals surface area contributed by atoms with Crippen LogP contribution in [0.25, 0.3) is 17.3 Å². The van der Waals surface area contributed by atoms with Gasteiger partial charge < -0.3 is 11.1 Å². The van der Waals surface area contributed by atoms with Gasteiger partial charge in [0.05, 0.1) is 5.69 Å². The smallest absolute Gasteiger partial charge is 0.123 e. The van der Waals surface area contributed by atoms with Gasteiger partial charge in [-0.2, -0.15) is 0 Å². The number of allylic oxidation sites excluding steroid dienone is 6. The van der Waals surface area contributed by atoms with Gasteiger partial charge in [0.1, 0.15) is 5.82 Å². The van der Waals surface area contributed by atoms with Gasteiger partial charge >= 0.3 is 0 Å². The van der Waals surface area contributed by atoms with Crippen LogP contribution in [0.2, 0.25) is 0 Å². The number of rotatable bonds is 6. The SMILES string of the molecule is NCCCNC1=CCC(C2C=CC(c3ccc(F)cc3)=CC2)=Cc2ncccc21. The highest BCUT2D eigenvalue weighted by atomic mass is 19.1. The zero-order chi connectivity index (χ0) is 20.1. The van der Waals surface area contributed by atoms with Gasteiger partial charge in [0.2, 0.25) is 0 Å². The summed E-state index contributed by atoms with van der Waals surface area (Å²) in [4.78, 5) is 4.62. The lowest BCUT2D eigenvalue weighted by Gasteiger charge is -2.19. The molecular weight excluding hydrogens is 361 g/mol. The van der Waals surface area contributed by atoms with Crippen LogP contribution in [0.5, 0.6) is 0 Å². The van der Waals surface area contributed by atoms with E-state index in [1.54, 1.807) is 0 Å². The van der Waals surface area contributed by atoms with Crippen LogP contribution >= 0.6 is 0 Å². The van der Waals surface area contributed by atoms with E-state index in [1.165, 1.54) is 17.7 Å². The number of nitrogens with one attached hydrogen (secondary N) is 1. The Hall–Kier alpha value is -2.98. The van der Waals surface area contributed by atoms with Crippen molar-refractivity contribution in [1.82, 2.24) is 10.3 Å². The van der Waals surface area contributed by atoms with E-state index in [0.717, 1.165) is 53.9 Å². The fourth-order valence-corrected chi connectivity index (χ4v) is 3.83.